The molecule has 0 radical (unpaired) electrons. The molecule has 2 heterocycles. The minimum Gasteiger partial charge on any atom is -0.489 e. The molecule has 8 nitrogen and oxygen atoms in total. The van der Waals surface area contributed by atoms with Crippen LogP contribution in [0.25, 0.3) is 10.9 Å². The molecule has 0 saturated carbocycles. The van der Waals surface area contributed by atoms with Crippen molar-refractivity contribution >= 4 is 34.1 Å². The maximum Gasteiger partial charge on any atom is 0.289 e. The van der Waals surface area contributed by atoms with Gasteiger partial charge in [-0.05, 0) is 73.5 Å². The largest absolute Gasteiger partial charge is 0.489 e. The van der Waals surface area contributed by atoms with Gasteiger partial charge in [-0.3, -0.25) is 0 Å². The van der Waals surface area contributed by atoms with Crippen molar-refractivity contribution in [1.29, 1.82) is 0 Å². The van der Waals surface area contributed by atoms with Gasteiger partial charge in [0.15, 0.2) is 0 Å². The fourth-order valence-electron chi connectivity index (χ4n) is 3.88. The Morgan fingerprint density at radius 1 is 1.08 bits per heavy atom. The summed E-state index contributed by atoms with van der Waals surface area (Å²) in [4.78, 5) is 13.2. The van der Waals surface area contributed by atoms with Crippen LogP contribution in [0.4, 0.5) is 21.6 Å². The Bertz CT molecular complexity index is 1430. The van der Waals surface area contributed by atoms with Gasteiger partial charge >= 0.3 is 0 Å². The molecule has 2 atom stereocenters. The summed E-state index contributed by atoms with van der Waals surface area (Å²) < 4.78 is 24.9. The fourth-order valence-corrected chi connectivity index (χ4v) is 3.88. The summed E-state index contributed by atoms with van der Waals surface area (Å²) in [6, 6.07) is 17.9. The van der Waals surface area contributed by atoms with E-state index >= 15 is 0 Å². The molecule has 4 aromatic rings. The van der Waals surface area contributed by atoms with Gasteiger partial charge in [0.1, 0.15) is 43.0 Å². The Hall–Kier alpha value is -4.24. The van der Waals surface area contributed by atoms with Gasteiger partial charge in [-0.1, -0.05) is 12.1 Å². The van der Waals surface area contributed by atoms with E-state index in [9.17, 15) is 9.50 Å². The number of aliphatic hydroxyl groups is 1. The van der Waals surface area contributed by atoms with E-state index in [1.165, 1.54) is 18.5 Å². The number of aliphatic imine (C=N–C) groups is 1. The van der Waals surface area contributed by atoms with Crippen LogP contribution < -0.4 is 15.4 Å². The lowest BCUT2D eigenvalue weighted by Gasteiger charge is -2.13. The predicted molar refractivity (Wildman–Crippen MR) is 137 cm³/mol. The number of rotatable bonds is 7. The summed E-state index contributed by atoms with van der Waals surface area (Å²) in [5.74, 6) is 1.08. The summed E-state index contributed by atoms with van der Waals surface area (Å²) in [5, 5.41) is 17.0. The molecule has 3 aromatic carbocycles. The van der Waals surface area contributed by atoms with E-state index in [-0.39, 0.29) is 18.5 Å². The second kappa shape index (κ2) is 10.2. The third-order valence-electron chi connectivity index (χ3n) is 5.84. The van der Waals surface area contributed by atoms with Crippen molar-refractivity contribution in [2.45, 2.75) is 32.6 Å². The molecular formula is C27H26FN5O3. The van der Waals surface area contributed by atoms with Crippen LogP contribution in [-0.4, -0.2) is 39.8 Å². The van der Waals surface area contributed by atoms with Crippen LogP contribution in [0.1, 0.15) is 18.1 Å². The first-order valence-electron chi connectivity index (χ1n) is 11.6. The number of anilines is 3. The van der Waals surface area contributed by atoms with Gasteiger partial charge < -0.3 is 25.2 Å². The van der Waals surface area contributed by atoms with E-state index < -0.39 is 6.10 Å². The van der Waals surface area contributed by atoms with E-state index in [2.05, 4.69) is 25.6 Å². The Kier molecular flexibility index (Phi) is 6.64. The van der Waals surface area contributed by atoms with Gasteiger partial charge in [-0.2, -0.15) is 0 Å². The summed E-state index contributed by atoms with van der Waals surface area (Å²) in [5.41, 5.74) is 4.08. The number of halogens is 1. The van der Waals surface area contributed by atoms with Crippen molar-refractivity contribution in [1.82, 2.24) is 9.97 Å². The van der Waals surface area contributed by atoms with E-state index in [4.69, 9.17) is 9.47 Å². The molecule has 1 aromatic heterocycles. The van der Waals surface area contributed by atoms with Crippen LogP contribution in [0.3, 0.4) is 0 Å². The molecule has 1 unspecified atom stereocenters. The van der Waals surface area contributed by atoms with Crippen molar-refractivity contribution in [3.63, 3.8) is 0 Å². The molecule has 0 saturated heterocycles. The van der Waals surface area contributed by atoms with Crippen LogP contribution in [0.2, 0.25) is 0 Å². The first-order valence-corrected chi connectivity index (χ1v) is 11.6. The number of hydrogen-bond donors (Lipinski definition) is 3. The minimum atomic E-state index is -0.577. The Balaban J connectivity index is 1.32. The van der Waals surface area contributed by atoms with Gasteiger partial charge in [0, 0.05) is 16.8 Å². The highest BCUT2D eigenvalue weighted by molar-refractivity contribution is 5.97. The Morgan fingerprint density at radius 2 is 1.92 bits per heavy atom. The predicted octanol–water partition coefficient (Wildman–Crippen LogP) is 4.95. The van der Waals surface area contributed by atoms with Gasteiger partial charge in [0.2, 0.25) is 0 Å². The smallest absolute Gasteiger partial charge is 0.289 e. The first-order chi connectivity index (χ1) is 17.4. The standard InChI is InChI=1S/C27H26FN5O3/c1-16-10-20(7-9-25(16)35-13-18-4-3-5-19(28)11-18)31-26-22-12-21(6-8-23(22)29-15-30-26)32-27-33-24(14-36-27)17(2)34/h3-12,15,17,24,34H,13-14H2,1-2H3,(H,32,33)(H,29,30,31)/t17-,24?/m1/s1. The van der Waals surface area contributed by atoms with Gasteiger partial charge in [0.05, 0.1) is 11.6 Å². The number of fused-ring (bicyclic) bond motifs is 1. The summed E-state index contributed by atoms with van der Waals surface area (Å²) in [6.45, 7) is 4.26. The molecule has 5 rings (SSSR count). The van der Waals surface area contributed by atoms with Crippen LogP contribution in [0.5, 0.6) is 5.75 Å². The molecule has 0 aliphatic carbocycles. The maximum absolute atomic E-state index is 13.4. The zero-order chi connectivity index (χ0) is 25.1. The maximum atomic E-state index is 13.4. The van der Waals surface area contributed by atoms with E-state index in [0.717, 1.165) is 39.2 Å². The number of nitrogens with zero attached hydrogens (tertiary/aromatic N) is 3. The van der Waals surface area contributed by atoms with Crippen LogP contribution in [0, 0.1) is 12.7 Å². The van der Waals surface area contributed by atoms with Crippen molar-refractivity contribution in [3.8, 4) is 5.75 Å². The Labute approximate surface area is 207 Å². The SMILES string of the molecule is Cc1cc(Nc2ncnc3ccc(NC4=NC([C@@H](C)O)CO4)cc23)ccc1OCc1cccc(F)c1. The zero-order valence-corrected chi connectivity index (χ0v) is 19.9. The zero-order valence-electron chi connectivity index (χ0n) is 19.9. The highest BCUT2D eigenvalue weighted by Gasteiger charge is 2.23. The van der Waals surface area contributed by atoms with Crippen LogP contribution >= 0.6 is 0 Å². The lowest BCUT2D eigenvalue weighted by molar-refractivity contribution is 0.145. The first kappa shape index (κ1) is 23.5. The molecule has 0 amide bonds. The average molecular weight is 488 g/mol. The molecule has 0 fully saturated rings. The lowest BCUT2D eigenvalue weighted by atomic mass is 10.1. The summed E-state index contributed by atoms with van der Waals surface area (Å²) in [7, 11) is 0. The Morgan fingerprint density at radius 3 is 2.69 bits per heavy atom. The van der Waals surface area contributed by atoms with E-state index in [1.807, 2.05) is 49.4 Å². The number of nitrogens with one attached hydrogen (secondary N) is 2. The molecule has 0 spiro atoms. The third-order valence-corrected chi connectivity index (χ3v) is 5.84. The number of aryl methyl sites for hydroxylation is 1. The third kappa shape index (κ3) is 5.36. The molecule has 1 aliphatic rings. The number of amidine groups is 1. The molecule has 0 bridgehead atoms. The van der Waals surface area contributed by atoms with Crippen LogP contribution in [0.15, 0.2) is 72.0 Å². The number of aromatic nitrogens is 2. The second-order valence-corrected chi connectivity index (χ2v) is 8.66. The summed E-state index contributed by atoms with van der Waals surface area (Å²) >= 11 is 0. The monoisotopic (exact) mass is 487 g/mol. The highest BCUT2D eigenvalue weighted by atomic mass is 19.1. The molecule has 1 aliphatic heterocycles. The highest BCUT2D eigenvalue weighted by Crippen LogP contribution is 2.29. The number of hydrogen-bond acceptors (Lipinski definition) is 8. The molecule has 36 heavy (non-hydrogen) atoms. The van der Waals surface area contributed by atoms with Crippen LogP contribution in [-0.2, 0) is 11.3 Å². The van der Waals surface area contributed by atoms with Gasteiger partial charge in [0.25, 0.3) is 6.02 Å². The van der Waals surface area contributed by atoms with Crippen molar-refractivity contribution < 1.29 is 19.0 Å². The van der Waals surface area contributed by atoms with E-state index in [1.54, 1.807) is 13.0 Å². The number of ether oxygens (including phenoxy) is 2. The van der Waals surface area contributed by atoms with Crippen molar-refractivity contribution in [3.05, 3.63) is 83.9 Å². The minimum absolute atomic E-state index is 0.280. The summed E-state index contributed by atoms with van der Waals surface area (Å²) in [6.07, 6.45) is 0.935. The van der Waals surface area contributed by atoms with Crippen molar-refractivity contribution in [2.24, 2.45) is 4.99 Å². The molecule has 3 N–H and O–H groups in total. The lowest BCUT2D eigenvalue weighted by Crippen LogP contribution is -2.21. The molecule has 184 valence electrons. The number of benzene rings is 3. The topological polar surface area (TPSA) is 101 Å². The fraction of sp³-hybridized carbons (Fsp3) is 0.222. The molecular weight excluding hydrogens is 461 g/mol. The second-order valence-electron chi connectivity index (χ2n) is 8.66. The van der Waals surface area contributed by atoms with Gasteiger partial charge in [-0.25, -0.2) is 19.4 Å². The van der Waals surface area contributed by atoms with Crippen molar-refractivity contribution in [2.75, 3.05) is 17.2 Å². The quantitative estimate of drug-likeness (QED) is 0.339. The molecule has 9 heteroatoms. The average Bonchev–Trinajstić information content (AvgIpc) is 3.33. The number of aliphatic hydroxyl groups excluding tert-OH is 1. The van der Waals surface area contributed by atoms with Gasteiger partial charge in [-0.15, -0.1) is 0 Å². The van der Waals surface area contributed by atoms with E-state index in [0.29, 0.717) is 18.4 Å². The normalized spacial score (nSPS) is 15.8.